The number of nitrogens with zero attached hydrogens (tertiary/aromatic N) is 4. The van der Waals surface area contributed by atoms with Crippen molar-refractivity contribution < 1.29 is 18.3 Å². The van der Waals surface area contributed by atoms with Gasteiger partial charge in [0.15, 0.2) is 15.7 Å². The normalized spacial score (nSPS) is 11.6. The van der Waals surface area contributed by atoms with Gasteiger partial charge in [-0.05, 0) is 22.6 Å². The average molecular weight is 317 g/mol. The second-order valence-electron chi connectivity index (χ2n) is 4.00. The highest BCUT2D eigenvalue weighted by molar-refractivity contribution is 7.90. The molecule has 0 atom stereocenters. The van der Waals surface area contributed by atoms with Crippen molar-refractivity contribution in [1.82, 2.24) is 20.2 Å². The second-order valence-corrected chi connectivity index (χ2v) is 6.37. The Morgan fingerprint density at radius 1 is 1.40 bits per heavy atom. The van der Waals surface area contributed by atoms with E-state index in [-0.39, 0.29) is 26.9 Å². The summed E-state index contributed by atoms with van der Waals surface area (Å²) >= 11 is 6.02. The van der Waals surface area contributed by atoms with Crippen LogP contribution in [0.15, 0.2) is 17.0 Å². The van der Waals surface area contributed by atoms with Gasteiger partial charge < -0.3 is 5.11 Å². The highest BCUT2D eigenvalue weighted by atomic mass is 35.5. The number of halogens is 1. The Balaban J connectivity index is 2.91. The zero-order valence-corrected chi connectivity index (χ0v) is 12.0. The molecule has 0 fully saturated rings. The first kappa shape index (κ1) is 14.4. The summed E-state index contributed by atoms with van der Waals surface area (Å²) in [7, 11) is -2.14. The van der Waals surface area contributed by atoms with Crippen LogP contribution < -0.4 is 0 Å². The van der Waals surface area contributed by atoms with Crippen molar-refractivity contribution in [2.24, 2.45) is 7.05 Å². The minimum atomic E-state index is -3.63. The summed E-state index contributed by atoms with van der Waals surface area (Å²) < 4.78 is 24.8. The number of rotatable bonds is 3. The molecule has 2 aromatic rings. The van der Waals surface area contributed by atoms with Crippen molar-refractivity contribution in [1.29, 1.82) is 0 Å². The molecule has 0 spiro atoms. The molecule has 1 aromatic heterocycles. The van der Waals surface area contributed by atoms with E-state index in [1.54, 1.807) is 0 Å². The molecule has 0 aliphatic carbocycles. The summed E-state index contributed by atoms with van der Waals surface area (Å²) in [5.41, 5.74) is -0.251. The Hall–Kier alpha value is -2.00. The molecule has 2 rings (SSSR count). The predicted molar refractivity (Wildman–Crippen MR) is 69.3 cm³/mol. The van der Waals surface area contributed by atoms with Gasteiger partial charge in [-0.2, -0.15) is 0 Å². The summed E-state index contributed by atoms with van der Waals surface area (Å²) in [6, 6.07) is 2.31. The maximum Gasteiger partial charge on any atom is 0.337 e. The fourth-order valence-electron chi connectivity index (χ4n) is 1.68. The topological polar surface area (TPSA) is 115 Å². The number of hydrogen-bond donors (Lipinski definition) is 1. The van der Waals surface area contributed by atoms with Crippen LogP contribution in [0, 0.1) is 0 Å². The van der Waals surface area contributed by atoms with E-state index in [1.807, 2.05) is 0 Å². The molecular formula is C10H9ClN4O4S. The molecule has 1 heterocycles. The summed E-state index contributed by atoms with van der Waals surface area (Å²) in [6.07, 6.45) is 0.992. The molecule has 10 heteroatoms. The van der Waals surface area contributed by atoms with Crippen molar-refractivity contribution in [3.05, 3.63) is 22.7 Å². The van der Waals surface area contributed by atoms with Crippen LogP contribution in [0.2, 0.25) is 5.02 Å². The lowest BCUT2D eigenvalue weighted by atomic mass is 10.1. The van der Waals surface area contributed by atoms with Gasteiger partial charge in [0, 0.05) is 13.3 Å². The van der Waals surface area contributed by atoms with Crippen LogP contribution in [0.4, 0.5) is 0 Å². The third-order valence-corrected chi connectivity index (χ3v) is 4.11. The predicted octanol–water partition coefficient (Wildman–Crippen LogP) is 0.632. The number of benzene rings is 1. The average Bonchev–Trinajstić information content (AvgIpc) is 2.73. The summed E-state index contributed by atoms with van der Waals surface area (Å²) in [6.45, 7) is 0. The number of hydrogen-bond acceptors (Lipinski definition) is 6. The number of aromatic carboxylic acids is 1. The lowest BCUT2D eigenvalue weighted by Gasteiger charge is -2.10. The van der Waals surface area contributed by atoms with Gasteiger partial charge in [-0.1, -0.05) is 11.6 Å². The molecule has 0 aliphatic heterocycles. The highest BCUT2D eigenvalue weighted by Crippen LogP contribution is 2.35. The second kappa shape index (κ2) is 4.84. The monoisotopic (exact) mass is 316 g/mol. The SMILES string of the molecule is Cn1nnnc1-c1c(S(C)(=O)=O)ccc(C(=O)O)c1Cl. The Morgan fingerprint density at radius 3 is 2.50 bits per heavy atom. The number of aryl methyl sites for hydroxylation is 1. The zero-order valence-electron chi connectivity index (χ0n) is 10.4. The van der Waals surface area contributed by atoms with Crippen LogP contribution in [0.25, 0.3) is 11.4 Å². The maximum atomic E-state index is 11.8. The fraction of sp³-hybridized carbons (Fsp3) is 0.200. The Bertz CT molecular complexity index is 800. The third kappa shape index (κ3) is 2.37. The minimum Gasteiger partial charge on any atom is -0.478 e. The molecule has 0 saturated carbocycles. The first-order valence-corrected chi connectivity index (χ1v) is 7.49. The van der Waals surface area contributed by atoms with Crippen LogP contribution in [0.3, 0.4) is 0 Å². The molecule has 0 bridgehead atoms. The van der Waals surface area contributed by atoms with E-state index in [4.69, 9.17) is 16.7 Å². The van der Waals surface area contributed by atoms with E-state index in [0.717, 1.165) is 12.3 Å². The Morgan fingerprint density at radius 2 is 2.05 bits per heavy atom. The number of carboxylic acid groups (broad SMARTS) is 1. The molecule has 1 N–H and O–H groups in total. The van der Waals surface area contributed by atoms with Crippen LogP contribution in [0.1, 0.15) is 10.4 Å². The van der Waals surface area contributed by atoms with E-state index >= 15 is 0 Å². The van der Waals surface area contributed by atoms with E-state index in [2.05, 4.69) is 15.5 Å². The molecule has 0 amide bonds. The van der Waals surface area contributed by atoms with E-state index < -0.39 is 15.8 Å². The van der Waals surface area contributed by atoms with Crippen molar-refractivity contribution in [2.45, 2.75) is 4.90 Å². The molecule has 106 valence electrons. The standard InChI is InChI=1S/C10H9ClN4O4S/c1-15-9(12-13-14-15)7-6(20(2,18)19)4-3-5(8(7)11)10(16)17/h3-4H,1-2H3,(H,16,17). The van der Waals surface area contributed by atoms with Crippen LogP contribution >= 0.6 is 11.6 Å². The molecule has 20 heavy (non-hydrogen) atoms. The number of carboxylic acids is 1. The van der Waals surface area contributed by atoms with Crippen LogP contribution in [0.5, 0.6) is 0 Å². The number of tetrazole rings is 1. The van der Waals surface area contributed by atoms with Crippen molar-refractivity contribution in [2.75, 3.05) is 6.26 Å². The van der Waals surface area contributed by atoms with Gasteiger partial charge in [0.2, 0.25) is 0 Å². The maximum absolute atomic E-state index is 11.8. The molecular weight excluding hydrogens is 308 g/mol. The highest BCUT2D eigenvalue weighted by Gasteiger charge is 2.25. The van der Waals surface area contributed by atoms with Gasteiger partial charge in [-0.15, -0.1) is 5.10 Å². The number of carbonyl (C=O) groups is 1. The van der Waals surface area contributed by atoms with Crippen molar-refractivity contribution in [3.8, 4) is 11.4 Å². The van der Waals surface area contributed by atoms with Gasteiger partial charge in [0.1, 0.15) is 0 Å². The summed E-state index contributed by atoms with van der Waals surface area (Å²) in [4.78, 5) is 11.0. The van der Waals surface area contributed by atoms with Crippen molar-refractivity contribution in [3.63, 3.8) is 0 Å². The van der Waals surface area contributed by atoms with Gasteiger partial charge >= 0.3 is 5.97 Å². The van der Waals surface area contributed by atoms with Gasteiger partial charge in [0.25, 0.3) is 0 Å². The molecule has 0 radical (unpaired) electrons. The first-order chi connectivity index (χ1) is 9.23. The lowest BCUT2D eigenvalue weighted by molar-refractivity contribution is 0.0697. The van der Waals surface area contributed by atoms with Crippen LogP contribution in [-0.4, -0.2) is 46.0 Å². The van der Waals surface area contributed by atoms with Crippen molar-refractivity contribution >= 4 is 27.4 Å². The summed E-state index contributed by atoms with van der Waals surface area (Å²) in [5, 5.41) is 19.5. The number of aromatic nitrogens is 4. The number of sulfone groups is 1. The third-order valence-electron chi connectivity index (χ3n) is 2.58. The Kier molecular flexibility index (Phi) is 3.48. The lowest BCUT2D eigenvalue weighted by Crippen LogP contribution is -2.07. The quantitative estimate of drug-likeness (QED) is 0.883. The smallest absolute Gasteiger partial charge is 0.337 e. The van der Waals surface area contributed by atoms with Gasteiger partial charge in [-0.3, -0.25) is 0 Å². The van der Waals surface area contributed by atoms with E-state index in [0.29, 0.717) is 0 Å². The van der Waals surface area contributed by atoms with Gasteiger partial charge in [0.05, 0.1) is 21.0 Å². The first-order valence-electron chi connectivity index (χ1n) is 5.22. The molecule has 1 aromatic carbocycles. The Labute approximate surface area is 118 Å². The van der Waals surface area contributed by atoms with Crippen LogP contribution in [-0.2, 0) is 16.9 Å². The zero-order chi connectivity index (χ0) is 15.1. The van der Waals surface area contributed by atoms with E-state index in [9.17, 15) is 13.2 Å². The van der Waals surface area contributed by atoms with E-state index in [1.165, 1.54) is 17.8 Å². The minimum absolute atomic E-state index is 0.0263. The fourth-order valence-corrected chi connectivity index (χ4v) is 2.95. The largest absolute Gasteiger partial charge is 0.478 e. The molecule has 0 saturated heterocycles. The summed E-state index contributed by atoms with van der Waals surface area (Å²) in [5.74, 6) is -1.20. The molecule has 8 nitrogen and oxygen atoms in total. The molecule has 0 unspecified atom stereocenters. The molecule has 0 aliphatic rings. The van der Waals surface area contributed by atoms with Gasteiger partial charge in [-0.25, -0.2) is 17.9 Å².